The standard InChI is InChI=1S/C16H17BrFNO/c1-3-15(11-5-4-6-12(18)9-11)19-13-7-8-16(20-2)14(17)10-13/h4-10,15,19H,3H2,1-2H3. The number of halogens is 2. The second-order valence-corrected chi connectivity index (χ2v) is 5.36. The minimum atomic E-state index is -0.210. The molecule has 106 valence electrons. The van der Waals surface area contributed by atoms with E-state index in [1.165, 1.54) is 6.07 Å². The molecule has 2 aromatic carbocycles. The maximum Gasteiger partial charge on any atom is 0.133 e. The monoisotopic (exact) mass is 337 g/mol. The molecule has 1 atom stereocenters. The SMILES string of the molecule is CCC(Nc1ccc(OC)c(Br)c1)c1cccc(F)c1. The van der Waals surface area contributed by atoms with E-state index in [4.69, 9.17) is 4.74 Å². The Kier molecular flexibility index (Phi) is 5.01. The molecule has 4 heteroatoms. The fourth-order valence-electron chi connectivity index (χ4n) is 2.10. The summed E-state index contributed by atoms with van der Waals surface area (Å²) in [5.74, 6) is 0.577. The molecule has 0 saturated carbocycles. The van der Waals surface area contributed by atoms with Gasteiger partial charge in [0.15, 0.2) is 0 Å². The molecule has 0 saturated heterocycles. The molecule has 0 bridgehead atoms. The van der Waals surface area contributed by atoms with Gasteiger partial charge >= 0.3 is 0 Å². The molecule has 0 radical (unpaired) electrons. The Bertz CT molecular complexity index is 588. The van der Waals surface area contributed by atoms with Gasteiger partial charge in [-0.2, -0.15) is 0 Å². The van der Waals surface area contributed by atoms with Gasteiger partial charge in [0.1, 0.15) is 11.6 Å². The van der Waals surface area contributed by atoms with E-state index in [-0.39, 0.29) is 11.9 Å². The van der Waals surface area contributed by atoms with Crippen molar-refractivity contribution in [2.24, 2.45) is 0 Å². The molecular weight excluding hydrogens is 321 g/mol. The van der Waals surface area contributed by atoms with E-state index in [1.54, 1.807) is 19.2 Å². The van der Waals surface area contributed by atoms with E-state index in [9.17, 15) is 4.39 Å². The first-order valence-corrected chi connectivity index (χ1v) is 7.29. The molecule has 2 rings (SSSR count). The Balaban J connectivity index is 2.20. The second kappa shape index (κ2) is 6.75. The fourth-order valence-corrected chi connectivity index (χ4v) is 2.64. The lowest BCUT2D eigenvalue weighted by Gasteiger charge is -2.19. The molecule has 0 amide bonds. The van der Waals surface area contributed by atoms with Gasteiger partial charge in [0.05, 0.1) is 17.6 Å². The molecule has 0 spiro atoms. The average Bonchev–Trinajstić information content (AvgIpc) is 2.45. The molecular formula is C16H17BrFNO. The number of anilines is 1. The summed E-state index contributed by atoms with van der Waals surface area (Å²) < 4.78 is 19.4. The molecule has 0 aliphatic rings. The molecule has 2 nitrogen and oxygen atoms in total. The topological polar surface area (TPSA) is 21.3 Å². The minimum Gasteiger partial charge on any atom is -0.496 e. The summed E-state index contributed by atoms with van der Waals surface area (Å²) in [4.78, 5) is 0. The van der Waals surface area contributed by atoms with Crippen molar-refractivity contribution < 1.29 is 9.13 Å². The zero-order valence-electron chi connectivity index (χ0n) is 11.5. The lowest BCUT2D eigenvalue weighted by atomic mass is 10.0. The van der Waals surface area contributed by atoms with Crippen LogP contribution in [-0.4, -0.2) is 7.11 Å². The van der Waals surface area contributed by atoms with Gasteiger partial charge in [-0.05, 0) is 58.2 Å². The zero-order valence-corrected chi connectivity index (χ0v) is 13.1. The van der Waals surface area contributed by atoms with Crippen LogP contribution in [0.25, 0.3) is 0 Å². The minimum absolute atomic E-state index is 0.0750. The van der Waals surface area contributed by atoms with Crippen LogP contribution in [0, 0.1) is 5.82 Å². The summed E-state index contributed by atoms with van der Waals surface area (Å²) in [5, 5.41) is 3.41. The average molecular weight is 338 g/mol. The molecule has 1 unspecified atom stereocenters. The van der Waals surface area contributed by atoms with Crippen LogP contribution >= 0.6 is 15.9 Å². The van der Waals surface area contributed by atoms with Crippen molar-refractivity contribution in [2.75, 3.05) is 12.4 Å². The van der Waals surface area contributed by atoms with Crippen molar-refractivity contribution in [1.82, 2.24) is 0 Å². The van der Waals surface area contributed by atoms with Crippen molar-refractivity contribution in [3.63, 3.8) is 0 Å². The highest BCUT2D eigenvalue weighted by Crippen LogP contribution is 2.30. The summed E-state index contributed by atoms with van der Waals surface area (Å²) in [6, 6.07) is 12.6. The Hall–Kier alpha value is -1.55. The van der Waals surface area contributed by atoms with Crippen LogP contribution in [0.3, 0.4) is 0 Å². The van der Waals surface area contributed by atoms with Crippen molar-refractivity contribution >= 4 is 21.6 Å². The molecule has 0 aliphatic heterocycles. The van der Waals surface area contributed by atoms with Gasteiger partial charge in [0.25, 0.3) is 0 Å². The second-order valence-electron chi connectivity index (χ2n) is 4.51. The first kappa shape index (κ1) is 14.9. The smallest absolute Gasteiger partial charge is 0.133 e. The van der Waals surface area contributed by atoms with Crippen molar-refractivity contribution in [3.05, 3.63) is 58.3 Å². The number of ether oxygens (including phenoxy) is 1. The van der Waals surface area contributed by atoms with E-state index in [0.717, 1.165) is 27.9 Å². The number of benzene rings is 2. The van der Waals surface area contributed by atoms with Gasteiger partial charge in [-0.15, -0.1) is 0 Å². The predicted octanol–water partition coefficient (Wildman–Crippen LogP) is 5.16. The van der Waals surface area contributed by atoms with Crippen LogP contribution in [-0.2, 0) is 0 Å². The predicted molar refractivity (Wildman–Crippen MR) is 83.7 cm³/mol. The molecule has 2 aromatic rings. The molecule has 0 fully saturated rings. The van der Waals surface area contributed by atoms with Gasteiger partial charge < -0.3 is 10.1 Å². The highest BCUT2D eigenvalue weighted by atomic mass is 79.9. The molecule has 0 aliphatic carbocycles. The van der Waals surface area contributed by atoms with Crippen molar-refractivity contribution in [2.45, 2.75) is 19.4 Å². The van der Waals surface area contributed by atoms with E-state index in [2.05, 4.69) is 28.2 Å². The van der Waals surface area contributed by atoms with Gasteiger partial charge in [-0.1, -0.05) is 19.1 Å². The third kappa shape index (κ3) is 3.51. The summed E-state index contributed by atoms with van der Waals surface area (Å²) in [6.07, 6.45) is 0.868. The number of rotatable bonds is 5. The Labute approximate surface area is 127 Å². The third-order valence-electron chi connectivity index (χ3n) is 3.15. The quantitative estimate of drug-likeness (QED) is 0.813. The van der Waals surface area contributed by atoms with Gasteiger partial charge in [-0.25, -0.2) is 4.39 Å². The molecule has 0 heterocycles. The highest BCUT2D eigenvalue weighted by Gasteiger charge is 2.11. The van der Waals surface area contributed by atoms with Crippen LogP contribution < -0.4 is 10.1 Å². The zero-order chi connectivity index (χ0) is 14.5. The Morgan fingerprint density at radius 2 is 2.05 bits per heavy atom. The summed E-state index contributed by atoms with van der Waals surface area (Å²) >= 11 is 3.46. The molecule has 20 heavy (non-hydrogen) atoms. The van der Waals surface area contributed by atoms with E-state index < -0.39 is 0 Å². The lowest BCUT2D eigenvalue weighted by molar-refractivity contribution is 0.412. The van der Waals surface area contributed by atoms with Crippen LogP contribution in [0.2, 0.25) is 0 Å². The largest absolute Gasteiger partial charge is 0.496 e. The maximum atomic E-state index is 13.3. The molecule has 0 aromatic heterocycles. The normalized spacial score (nSPS) is 12.0. The van der Waals surface area contributed by atoms with Crippen molar-refractivity contribution in [3.8, 4) is 5.75 Å². The van der Waals surface area contributed by atoms with Gasteiger partial charge in [0, 0.05) is 5.69 Å². The van der Waals surface area contributed by atoms with Crippen LogP contribution in [0.15, 0.2) is 46.9 Å². The van der Waals surface area contributed by atoms with Crippen LogP contribution in [0.1, 0.15) is 24.9 Å². The van der Waals surface area contributed by atoms with E-state index in [1.807, 2.05) is 24.3 Å². The summed E-state index contributed by atoms with van der Waals surface area (Å²) in [7, 11) is 1.63. The number of methoxy groups -OCH3 is 1. The summed E-state index contributed by atoms with van der Waals surface area (Å²) in [5.41, 5.74) is 1.91. The number of nitrogens with one attached hydrogen (secondary N) is 1. The van der Waals surface area contributed by atoms with Gasteiger partial charge in [0.2, 0.25) is 0 Å². The third-order valence-corrected chi connectivity index (χ3v) is 3.77. The van der Waals surface area contributed by atoms with Crippen molar-refractivity contribution in [1.29, 1.82) is 0 Å². The van der Waals surface area contributed by atoms with E-state index >= 15 is 0 Å². The summed E-state index contributed by atoms with van der Waals surface area (Å²) in [6.45, 7) is 2.07. The number of hydrogen-bond donors (Lipinski definition) is 1. The van der Waals surface area contributed by atoms with Crippen LogP contribution in [0.4, 0.5) is 10.1 Å². The van der Waals surface area contributed by atoms with Gasteiger partial charge in [-0.3, -0.25) is 0 Å². The number of hydrogen-bond acceptors (Lipinski definition) is 2. The Morgan fingerprint density at radius 3 is 2.65 bits per heavy atom. The molecule has 1 N–H and O–H groups in total. The first-order chi connectivity index (χ1) is 9.63. The van der Waals surface area contributed by atoms with Crippen LogP contribution in [0.5, 0.6) is 5.75 Å². The lowest BCUT2D eigenvalue weighted by Crippen LogP contribution is -2.09. The first-order valence-electron chi connectivity index (χ1n) is 6.49. The highest BCUT2D eigenvalue weighted by molar-refractivity contribution is 9.10. The maximum absolute atomic E-state index is 13.3. The van der Waals surface area contributed by atoms with E-state index in [0.29, 0.717) is 0 Å². The fraction of sp³-hybridized carbons (Fsp3) is 0.250. The Morgan fingerprint density at radius 1 is 1.25 bits per heavy atom.